The van der Waals surface area contributed by atoms with Crippen molar-refractivity contribution in [3.8, 4) is 0 Å². The number of aryl methyl sites for hydroxylation is 1. The summed E-state index contributed by atoms with van der Waals surface area (Å²) in [5, 5.41) is 10.9. The molecule has 6 nitrogen and oxygen atoms in total. The predicted molar refractivity (Wildman–Crippen MR) is 98.2 cm³/mol. The summed E-state index contributed by atoms with van der Waals surface area (Å²) >= 11 is 3.47. The molecule has 0 atom stereocenters. The number of fused-ring (bicyclic) bond motifs is 1. The third-order valence-electron chi connectivity index (χ3n) is 4.00. The second-order valence-electron chi connectivity index (χ2n) is 5.40. The second kappa shape index (κ2) is 7.09. The highest BCUT2D eigenvalue weighted by atomic mass is 79.9. The number of nitrogens with zero attached hydrogens (tertiary/aromatic N) is 3. The summed E-state index contributed by atoms with van der Waals surface area (Å²) in [6.07, 6.45) is 3.08. The number of hydrogen-bond donors (Lipinski definition) is 2. The van der Waals surface area contributed by atoms with Crippen molar-refractivity contribution >= 4 is 32.7 Å². The Morgan fingerprint density at radius 1 is 1.17 bits per heavy atom. The average molecular weight is 388 g/mol. The quantitative estimate of drug-likeness (QED) is 0.701. The van der Waals surface area contributed by atoms with Crippen molar-refractivity contribution in [3.05, 3.63) is 56.2 Å². The van der Waals surface area contributed by atoms with Crippen molar-refractivity contribution in [2.45, 2.75) is 33.2 Å². The van der Waals surface area contributed by atoms with E-state index in [1.54, 1.807) is 0 Å². The molecule has 0 aliphatic carbocycles. The van der Waals surface area contributed by atoms with E-state index >= 15 is 0 Å². The monoisotopic (exact) mass is 387 g/mol. The molecule has 7 heteroatoms. The number of H-pyrrole nitrogens is 1. The number of rotatable bonds is 5. The topological polar surface area (TPSA) is 83.6 Å². The second-order valence-corrected chi connectivity index (χ2v) is 6.32. The van der Waals surface area contributed by atoms with Gasteiger partial charge in [0.05, 0.1) is 11.2 Å². The summed E-state index contributed by atoms with van der Waals surface area (Å²) in [7, 11) is 0. The first-order valence-corrected chi connectivity index (χ1v) is 8.66. The van der Waals surface area contributed by atoms with E-state index in [1.165, 1.54) is 6.33 Å². The zero-order valence-electron chi connectivity index (χ0n) is 13.6. The first-order valence-electron chi connectivity index (χ1n) is 7.87. The molecule has 0 unspecified atom stereocenters. The van der Waals surface area contributed by atoms with Gasteiger partial charge < -0.3 is 5.32 Å². The zero-order valence-corrected chi connectivity index (χ0v) is 15.1. The SMILES string of the molecule is CCc1n[nH]c(=O)c(CNc2ncnc3ccc(Br)cc23)c1CC. The lowest BCUT2D eigenvalue weighted by Gasteiger charge is -2.12. The molecule has 0 amide bonds. The van der Waals surface area contributed by atoms with Crippen molar-refractivity contribution < 1.29 is 0 Å². The Morgan fingerprint density at radius 2 is 2.00 bits per heavy atom. The van der Waals surface area contributed by atoms with E-state index in [1.807, 2.05) is 32.0 Å². The van der Waals surface area contributed by atoms with Gasteiger partial charge in [0.2, 0.25) is 0 Å². The zero-order chi connectivity index (χ0) is 17.1. The van der Waals surface area contributed by atoms with E-state index in [-0.39, 0.29) is 5.56 Å². The third-order valence-corrected chi connectivity index (χ3v) is 4.49. The van der Waals surface area contributed by atoms with Gasteiger partial charge >= 0.3 is 0 Å². The van der Waals surface area contributed by atoms with Crippen LogP contribution in [0.25, 0.3) is 10.9 Å². The van der Waals surface area contributed by atoms with Gasteiger partial charge in [-0.2, -0.15) is 5.10 Å². The molecule has 2 aromatic heterocycles. The molecule has 0 fully saturated rings. The minimum Gasteiger partial charge on any atom is -0.365 e. The van der Waals surface area contributed by atoms with Crippen LogP contribution in [-0.4, -0.2) is 20.2 Å². The van der Waals surface area contributed by atoms with Crippen LogP contribution in [0.15, 0.2) is 33.8 Å². The van der Waals surface area contributed by atoms with Gasteiger partial charge in [0.25, 0.3) is 5.56 Å². The van der Waals surface area contributed by atoms with Gasteiger partial charge in [-0.1, -0.05) is 29.8 Å². The maximum Gasteiger partial charge on any atom is 0.269 e. The molecule has 124 valence electrons. The molecule has 3 rings (SSSR count). The fraction of sp³-hybridized carbons (Fsp3) is 0.294. The fourth-order valence-electron chi connectivity index (χ4n) is 2.80. The van der Waals surface area contributed by atoms with Crippen LogP contribution in [0.2, 0.25) is 0 Å². The first-order chi connectivity index (χ1) is 11.6. The standard InChI is InChI=1S/C17H18BrN5O/c1-3-11-13(17(24)23-22-14(11)4-2)8-19-16-12-7-10(18)5-6-15(12)20-9-21-16/h5-7,9H,3-4,8H2,1-2H3,(H,23,24)(H,19,20,21). The summed E-state index contributed by atoms with van der Waals surface area (Å²) in [6, 6.07) is 5.83. The number of hydrogen-bond acceptors (Lipinski definition) is 5. The summed E-state index contributed by atoms with van der Waals surface area (Å²) in [5.74, 6) is 0.706. The maximum absolute atomic E-state index is 12.2. The molecule has 2 N–H and O–H groups in total. The fourth-order valence-corrected chi connectivity index (χ4v) is 3.16. The Hall–Kier alpha value is -2.28. The number of nitrogens with one attached hydrogen (secondary N) is 2. The molecule has 1 aromatic carbocycles. The summed E-state index contributed by atoms with van der Waals surface area (Å²) in [4.78, 5) is 20.8. The predicted octanol–water partition coefficient (Wildman–Crippen LogP) is 3.21. The normalized spacial score (nSPS) is 11.0. The van der Waals surface area contributed by atoms with E-state index in [2.05, 4.69) is 41.4 Å². The molecule has 2 heterocycles. The highest BCUT2D eigenvalue weighted by molar-refractivity contribution is 9.10. The van der Waals surface area contributed by atoms with Gasteiger partial charge in [0, 0.05) is 22.0 Å². The van der Waals surface area contributed by atoms with Crippen LogP contribution in [-0.2, 0) is 19.4 Å². The molecular formula is C17H18BrN5O. The molecular weight excluding hydrogens is 370 g/mol. The van der Waals surface area contributed by atoms with Crippen LogP contribution in [0.3, 0.4) is 0 Å². The van der Waals surface area contributed by atoms with Crippen LogP contribution < -0.4 is 10.9 Å². The average Bonchev–Trinajstić information content (AvgIpc) is 2.60. The van der Waals surface area contributed by atoms with Crippen LogP contribution in [0.5, 0.6) is 0 Å². The Kier molecular flexibility index (Phi) is 4.89. The number of aromatic nitrogens is 4. The summed E-state index contributed by atoms with van der Waals surface area (Å²) in [5.41, 5.74) is 3.35. The van der Waals surface area contributed by atoms with Crippen LogP contribution in [0.1, 0.15) is 30.7 Å². The smallest absolute Gasteiger partial charge is 0.269 e. The van der Waals surface area contributed by atoms with Gasteiger partial charge in [-0.3, -0.25) is 4.79 Å². The maximum atomic E-state index is 12.2. The van der Waals surface area contributed by atoms with E-state index in [0.717, 1.165) is 39.5 Å². The van der Waals surface area contributed by atoms with Gasteiger partial charge in [0.15, 0.2) is 0 Å². The lowest BCUT2D eigenvalue weighted by atomic mass is 10.0. The van der Waals surface area contributed by atoms with E-state index in [4.69, 9.17) is 0 Å². The Balaban J connectivity index is 1.98. The van der Waals surface area contributed by atoms with Crippen molar-refractivity contribution in [1.29, 1.82) is 0 Å². The Labute approximate surface area is 147 Å². The Bertz CT molecular complexity index is 938. The van der Waals surface area contributed by atoms with Crippen molar-refractivity contribution in [2.24, 2.45) is 0 Å². The highest BCUT2D eigenvalue weighted by Crippen LogP contribution is 2.23. The van der Waals surface area contributed by atoms with Gasteiger partial charge in [0.1, 0.15) is 12.1 Å². The minimum absolute atomic E-state index is 0.156. The molecule has 0 aliphatic rings. The third kappa shape index (κ3) is 3.17. The van der Waals surface area contributed by atoms with Crippen LogP contribution >= 0.6 is 15.9 Å². The molecule has 0 saturated heterocycles. The van der Waals surface area contributed by atoms with E-state index in [0.29, 0.717) is 17.9 Å². The molecule has 0 saturated carbocycles. The molecule has 0 spiro atoms. The van der Waals surface area contributed by atoms with Gasteiger partial charge in [-0.05, 0) is 36.6 Å². The lowest BCUT2D eigenvalue weighted by Crippen LogP contribution is -2.22. The first kappa shape index (κ1) is 16.6. The van der Waals surface area contributed by atoms with Crippen molar-refractivity contribution in [3.63, 3.8) is 0 Å². The largest absolute Gasteiger partial charge is 0.365 e. The summed E-state index contributed by atoms with van der Waals surface area (Å²) < 4.78 is 0.956. The van der Waals surface area contributed by atoms with E-state index < -0.39 is 0 Å². The molecule has 24 heavy (non-hydrogen) atoms. The summed E-state index contributed by atoms with van der Waals surface area (Å²) in [6.45, 7) is 4.47. The van der Waals surface area contributed by atoms with Crippen LogP contribution in [0, 0.1) is 0 Å². The van der Waals surface area contributed by atoms with E-state index in [9.17, 15) is 4.79 Å². The molecule has 0 radical (unpaired) electrons. The van der Waals surface area contributed by atoms with Gasteiger partial charge in [-0.25, -0.2) is 15.1 Å². The number of benzene rings is 1. The van der Waals surface area contributed by atoms with Gasteiger partial charge in [-0.15, -0.1) is 0 Å². The number of anilines is 1. The van der Waals surface area contributed by atoms with Crippen molar-refractivity contribution in [1.82, 2.24) is 20.2 Å². The number of halogens is 1. The number of aromatic amines is 1. The molecule has 0 bridgehead atoms. The highest BCUT2D eigenvalue weighted by Gasteiger charge is 2.12. The van der Waals surface area contributed by atoms with Crippen LogP contribution in [0.4, 0.5) is 5.82 Å². The minimum atomic E-state index is -0.156. The molecule has 3 aromatic rings. The van der Waals surface area contributed by atoms with Crippen molar-refractivity contribution in [2.75, 3.05) is 5.32 Å². The molecule has 0 aliphatic heterocycles. The lowest BCUT2D eigenvalue weighted by molar-refractivity contribution is 0.826. The Morgan fingerprint density at radius 3 is 2.75 bits per heavy atom.